The maximum absolute atomic E-state index is 15.9. The lowest BCUT2D eigenvalue weighted by Gasteiger charge is -2.34. The molecule has 2 aliphatic heterocycles. The van der Waals surface area contributed by atoms with Crippen LogP contribution in [-0.4, -0.2) is 52.3 Å². The molecule has 0 aliphatic carbocycles. The van der Waals surface area contributed by atoms with E-state index in [4.69, 9.17) is 4.74 Å². The molecule has 3 aromatic carbocycles. The summed E-state index contributed by atoms with van der Waals surface area (Å²) in [7, 11) is 0. The minimum Gasteiger partial charge on any atom is -0.488 e. The van der Waals surface area contributed by atoms with Crippen LogP contribution in [0.2, 0.25) is 0 Å². The molecule has 1 unspecified atom stereocenters. The fraction of sp³-hybridized carbons (Fsp3) is 0.324. The highest BCUT2D eigenvalue weighted by atomic mass is 19.4. The van der Waals surface area contributed by atoms with Crippen LogP contribution in [0.5, 0.6) is 5.75 Å². The SMILES string of the molecule is Cc1cc2cc(c1F)C(CC(=O)O)NC(=O)[C@@H](n1cc(CCN3CC(F)C3)c(C(F)(F)F)cc1=O)c1cc(ccc1F)COc1cccc(C)c1-2. The van der Waals surface area contributed by atoms with Crippen LogP contribution in [0.25, 0.3) is 11.1 Å². The third kappa shape index (κ3) is 7.36. The largest absolute Gasteiger partial charge is 0.488 e. The van der Waals surface area contributed by atoms with Gasteiger partial charge in [0.2, 0.25) is 5.91 Å². The molecule has 1 amide bonds. The van der Waals surface area contributed by atoms with E-state index in [9.17, 15) is 37.1 Å². The molecule has 4 aromatic rings. The Morgan fingerprint density at radius 1 is 1.00 bits per heavy atom. The number of hydrogen-bond acceptors (Lipinski definition) is 5. The number of amides is 1. The number of benzene rings is 3. The van der Waals surface area contributed by atoms with Gasteiger partial charge in [-0.3, -0.25) is 23.9 Å². The number of likely N-dealkylation sites (tertiary alicyclic amines) is 1. The van der Waals surface area contributed by atoms with Crippen molar-refractivity contribution in [1.82, 2.24) is 14.8 Å². The molecule has 2 N–H and O–H groups in total. The molecule has 268 valence electrons. The number of aliphatic carboxylic acids is 1. The van der Waals surface area contributed by atoms with Gasteiger partial charge >= 0.3 is 12.1 Å². The van der Waals surface area contributed by atoms with E-state index in [2.05, 4.69) is 5.32 Å². The highest BCUT2D eigenvalue weighted by Gasteiger charge is 2.37. The Balaban J connectivity index is 1.56. The number of carbonyl (C=O) groups excluding carboxylic acids is 1. The molecule has 6 rings (SSSR count). The number of aryl methyl sites for hydroxylation is 2. The van der Waals surface area contributed by atoms with Crippen molar-refractivity contribution in [3.05, 3.63) is 122 Å². The first-order chi connectivity index (χ1) is 24.1. The van der Waals surface area contributed by atoms with Crippen LogP contribution in [0, 0.1) is 25.5 Å². The van der Waals surface area contributed by atoms with Crippen LogP contribution < -0.4 is 15.6 Å². The molecular weight excluding hydrogens is 680 g/mol. The first-order valence-corrected chi connectivity index (χ1v) is 16.1. The second kappa shape index (κ2) is 13.9. The molecule has 1 saturated heterocycles. The molecule has 1 fully saturated rings. The Kier molecular flexibility index (Phi) is 9.73. The molecule has 4 bridgehead atoms. The number of fused-ring (bicyclic) bond motifs is 6. The van der Waals surface area contributed by atoms with E-state index in [-0.39, 0.29) is 43.8 Å². The highest BCUT2D eigenvalue weighted by Crippen LogP contribution is 2.38. The van der Waals surface area contributed by atoms with E-state index in [0.717, 1.165) is 17.8 Å². The number of nitrogens with one attached hydrogen (secondary N) is 1. The summed E-state index contributed by atoms with van der Waals surface area (Å²) >= 11 is 0. The van der Waals surface area contributed by atoms with Crippen molar-refractivity contribution >= 4 is 11.9 Å². The smallest absolute Gasteiger partial charge is 0.416 e. The number of aromatic nitrogens is 1. The number of carboxylic acid groups (broad SMARTS) is 1. The first kappa shape index (κ1) is 35.7. The zero-order chi connectivity index (χ0) is 36.8. The Labute approximate surface area is 288 Å². The van der Waals surface area contributed by atoms with Gasteiger partial charge in [-0.2, -0.15) is 13.2 Å². The Hall–Kier alpha value is -5.11. The Morgan fingerprint density at radius 2 is 1.75 bits per heavy atom. The summed E-state index contributed by atoms with van der Waals surface area (Å²) in [6.07, 6.45) is -6.38. The number of pyridine rings is 1. The van der Waals surface area contributed by atoms with Gasteiger partial charge < -0.3 is 15.2 Å². The molecule has 2 atom stereocenters. The van der Waals surface area contributed by atoms with Gasteiger partial charge in [-0.15, -0.1) is 0 Å². The van der Waals surface area contributed by atoms with Crippen molar-refractivity contribution in [3.8, 4) is 16.9 Å². The Bertz CT molecular complexity index is 2080. The molecule has 0 radical (unpaired) electrons. The maximum atomic E-state index is 15.9. The van der Waals surface area contributed by atoms with Gasteiger partial charge in [0.25, 0.3) is 5.56 Å². The van der Waals surface area contributed by atoms with E-state index in [1.54, 1.807) is 36.1 Å². The summed E-state index contributed by atoms with van der Waals surface area (Å²) in [5, 5.41) is 12.3. The van der Waals surface area contributed by atoms with E-state index in [1.807, 2.05) is 0 Å². The van der Waals surface area contributed by atoms with Crippen LogP contribution in [0.4, 0.5) is 26.3 Å². The third-order valence-corrected chi connectivity index (χ3v) is 9.23. The van der Waals surface area contributed by atoms with Crippen molar-refractivity contribution < 1.29 is 45.8 Å². The lowest BCUT2D eigenvalue weighted by molar-refractivity contribution is -0.139. The molecule has 2 aliphatic rings. The Morgan fingerprint density at radius 3 is 2.43 bits per heavy atom. The first-order valence-electron chi connectivity index (χ1n) is 16.1. The zero-order valence-corrected chi connectivity index (χ0v) is 27.5. The standard InChI is InChI=1S/C37H33F6N3O5/c1-19-4-3-5-30-33(19)23-10-20(2)34(40)26(12-23)29(14-32(48)49)44-36(50)35(25-11-21(18-51-30)6-7-28(25)39)46-15-22(8-9-45-16-24(38)17-45)27(13-31(46)47)37(41,42)43/h3-7,10-13,15,24,29,35H,8-9,14,16-18H2,1-2H3,(H,44,50)(H,48,49)/t29?,35-/m0/s1. The van der Waals surface area contributed by atoms with Gasteiger partial charge in [0.1, 0.15) is 36.2 Å². The van der Waals surface area contributed by atoms with Gasteiger partial charge in [0, 0.05) is 48.6 Å². The van der Waals surface area contributed by atoms with Gasteiger partial charge in [-0.05, 0) is 78.4 Å². The van der Waals surface area contributed by atoms with Crippen molar-refractivity contribution in [3.63, 3.8) is 0 Å². The van der Waals surface area contributed by atoms with Gasteiger partial charge in [-0.25, -0.2) is 13.2 Å². The van der Waals surface area contributed by atoms with Gasteiger partial charge in [0.05, 0.1) is 18.0 Å². The molecule has 8 nitrogen and oxygen atoms in total. The second-order valence-electron chi connectivity index (χ2n) is 12.9. The number of ether oxygens (including phenoxy) is 1. The maximum Gasteiger partial charge on any atom is 0.416 e. The highest BCUT2D eigenvalue weighted by molar-refractivity contribution is 5.85. The summed E-state index contributed by atoms with van der Waals surface area (Å²) in [6, 6.07) is 8.56. The number of hydrogen-bond donors (Lipinski definition) is 2. The summed E-state index contributed by atoms with van der Waals surface area (Å²) in [4.78, 5) is 41.5. The normalized spacial score (nSPS) is 18.2. The van der Waals surface area contributed by atoms with E-state index < -0.39 is 76.6 Å². The quantitative estimate of drug-likeness (QED) is 0.223. The van der Waals surface area contributed by atoms with E-state index in [1.165, 1.54) is 25.1 Å². The van der Waals surface area contributed by atoms with Crippen LogP contribution in [0.3, 0.4) is 0 Å². The molecule has 0 saturated carbocycles. The summed E-state index contributed by atoms with van der Waals surface area (Å²) in [6.45, 7) is 3.17. The predicted octanol–water partition coefficient (Wildman–Crippen LogP) is 6.44. The number of halogens is 6. The molecular formula is C37H33F6N3O5. The minimum absolute atomic E-state index is 0.0103. The van der Waals surface area contributed by atoms with Crippen molar-refractivity contribution in [2.45, 2.75) is 57.7 Å². The molecule has 1 aromatic heterocycles. The second-order valence-corrected chi connectivity index (χ2v) is 12.9. The third-order valence-electron chi connectivity index (χ3n) is 9.23. The fourth-order valence-corrected chi connectivity index (χ4v) is 6.69. The van der Waals surface area contributed by atoms with Crippen molar-refractivity contribution in [1.29, 1.82) is 0 Å². The number of rotatable bonds is 6. The van der Waals surface area contributed by atoms with Crippen molar-refractivity contribution in [2.75, 3.05) is 19.6 Å². The molecule has 0 spiro atoms. The zero-order valence-electron chi connectivity index (χ0n) is 27.5. The van der Waals surface area contributed by atoms with E-state index >= 15 is 8.78 Å². The molecule has 14 heteroatoms. The lowest BCUT2D eigenvalue weighted by Crippen LogP contribution is -2.49. The van der Waals surface area contributed by atoms with Crippen LogP contribution >= 0.6 is 0 Å². The van der Waals surface area contributed by atoms with Gasteiger partial charge in [0.15, 0.2) is 0 Å². The molecule has 3 heterocycles. The van der Waals surface area contributed by atoms with Crippen LogP contribution in [-0.2, 0) is 28.8 Å². The number of carboxylic acids is 1. The number of carbonyl (C=O) groups is 2. The summed E-state index contributed by atoms with van der Waals surface area (Å²) in [5.74, 6) is -4.05. The topological polar surface area (TPSA) is 101 Å². The summed E-state index contributed by atoms with van der Waals surface area (Å²) < 4.78 is 94.5. The number of nitrogens with zero attached hydrogens (tertiary/aromatic N) is 2. The minimum atomic E-state index is -4.97. The fourth-order valence-electron chi connectivity index (χ4n) is 6.69. The average molecular weight is 714 g/mol. The summed E-state index contributed by atoms with van der Waals surface area (Å²) in [5.41, 5.74) is -1.39. The number of alkyl halides is 4. The lowest BCUT2D eigenvalue weighted by atomic mass is 9.91. The van der Waals surface area contributed by atoms with Crippen LogP contribution in [0.1, 0.15) is 57.4 Å². The van der Waals surface area contributed by atoms with E-state index in [0.29, 0.717) is 33.1 Å². The molecule has 51 heavy (non-hydrogen) atoms. The van der Waals surface area contributed by atoms with Crippen LogP contribution in [0.15, 0.2) is 65.6 Å². The predicted molar refractivity (Wildman–Crippen MR) is 174 cm³/mol. The average Bonchev–Trinajstić information content (AvgIpc) is 3.03. The monoisotopic (exact) mass is 713 g/mol. The van der Waals surface area contributed by atoms with Gasteiger partial charge in [-0.1, -0.05) is 18.2 Å². The van der Waals surface area contributed by atoms with Crippen molar-refractivity contribution in [2.24, 2.45) is 0 Å².